The summed E-state index contributed by atoms with van der Waals surface area (Å²) in [7, 11) is 0. The number of nitrogens with one attached hydrogen (secondary N) is 4. The second kappa shape index (κ2) is 23.2. The standard InChI is InChI=1S/C35H44N4O16/c40-19-36-16-23-15-21(18-55-23)17-54-22-3-1-20(2-4-22)13-14-37-28(41)10-7-26(34(50)51)39-30(43)11-8-27(35(52)53)38-29(42)9-5-24(32(46)47)25(33(48)49)6-12-31(44)45/h1-4,15,18-19,24-27H,5-14,16-17H2,(H,36,40)(H,37,41)(H,38,42)(H,39,43)(H,44,45)(H,46,47)(H,48,49)(H,50,51)(H,52,53)/t24-,25-,26-,27-/m0/s1. The van der Waals surface area contributed by atoms with E-state index in [1.165, 1.54) is 6.26 Å². The third kappa shape index (κ3) is 17.3. The molecule has 0 unspecified atom stereocenters. The van der Waals surface area contributed by atoms with E-state index >= 15 is 0 Å². The fourth-order valence-corrected chi connectivity index (χ4v) is 5.25. The van der Waals surface area contributed by atoms with Crippen molar-refractivity contribution in [3.8, 4) is 5.75 Å². The van der Waals surface area contributed by atoms with Crippen LogP contribution in [0.15, 0.2) is 41.0 Å². The minimum atomic E-state index is -1.64. The van der Waals surface area contributed by atoms with E-state index in [2.05, 4.69) is 21.3 Å². The van der Waals surface area contributed by atoms with Gasteiger partial charge < -0.3 is 56.0 Å². The van der Waals surface area contributed by atoms with E-state index < -0.39 is 110 Å². The normalized spacial score (nSPS) is 12.9. The Morgan fingerprint density at radius 1 is 0.673 bits per heavy atom. The lowest BCUT2D eigenvalue weighted by atomic mass is 9.85. The summed E-state index contributed by atoms with van der Waals surface area (Å²) in [4.78, 5) is 105. The van der Waals surface area contributed by atoms with Crippen LogP contribution in [-0.2, 0) is 62.7 Å². The number of carboxylic acids is 5. The molecule has 0 bridgehead atoms. The minimum Gasteiger partial charge on any atom is -0.489 e. The van der Waals surface area contributed by atoms with Gasteiger partial charge in [0.2, 0.25) is 24.1 Å². The molecule has 0 aliphatic rings. The number of carbonyl (C=O) groups is 9. The number of hydrogen-bond donors (Lipinski definition) is 9. The molecule has 1 heterocycles. The Morgan fingerprint density at radius 2 is 1.20 bits per heavy atom. The second-order valence-electron chi connectivity index (χ2n) is 12.3. The molecule has 0 aliphatic carbocycles. The number of benzene rings is 1. The molecule has 55 heavy (non-hydrogen) atoms. The molecule has 0 fully saturated rings. The van der Waals surface area contributed by atoms with Gasteiger partial charge in [0.25, 0.3) is 0 Å². The Balaban J connectivity index is 1.76. The summed E-state index contributed by atoms with van der Waals surface area (Å²) >= 11 is 0. The number of ether oxygens (including phenoxy) is 1. The van der Waals surface area contributed by atoms with Crippen LogP contribution in [-0.4, -0.2) is 98.1 Å². The van der Waals surface area contributed by atoms with Gasteiger partial charge in [-0.15, -0.1) is 0 Å². The smallest absolute Gasteiger partial charge is 0.326 e. The van der Waals surface area contributed by atoms with Gasteiger partial charge in [-0.25, -0.2) is 9.59 Å². The van der Waals surface area contributed by atoms with E-state index in [0.717, 1.165) is 11.1 Å². The van der Waals surface area contributed by atoms with Gasteiger partial charge >= 0.3 is 29.8 Å². The van der Waals surface area contributed by atoms with Crippen molar-refractivity contribution in [1.82, 2.24) is 21.3 Å². The highest BCUT2D eigenvalue weighted by molar-refractivity contribution is 5.87. The third-order valence-electron chi connectivity index (χ3n) is 8.19. The van der Waals surface area contributed by atoms with Gasteiger partial charge in [0, 0.05) is 37.8 Å². The molecule has 300 valence electrons. The zero-order valence-corrected chi connectivity index (χ0v) is 29.6. The van der Waals surface area contributed by atoms with Gasteiger partial charge in [-0.2, -0.15) is 0 Å². The fourth-order valence-electron chi connectivity index (χ4n) is 5.25. The molecule has 0 saturated heterocycles. The number of amides is 4. The van der Waals surface area contributed by atoms with E-state index in [-0.39, 0.29) is 32.5 Å². The summed E-state index contributed by atoms with van der Waals surface area (Å²) in [6.45, 7) is 0.746. The topological polar surface area (TPSA) is 325 Å². The highest BCUT2D eigenvalue weighted by Gasteiger charge is 2.34. The zero-order valence-electron chi connectivity index (χ0n) is 29.6. The Labute approximate surface area is 313 Å². The molecule has 20 heteroatoms. The fraction of sp³-hybridized carbons (Fsp3) is 0.457. The number of carbonyl (C=O) groups excluding carboxylic acids is 4. The van der Waals surface area contributed by atoms with Crippen LogP contribution in [0.25, 0.3) is 0 Å². The molecule has 0 radical (unpaired) electrons. The molecule has 2 rings (SSSR count). The monoisotopic (exact) mass is 776 g/mol. The Kier molecular flexibility index (Phi) is 18.9. The molecule has 0 aliphatic heterocycles. The maximum Gasteiger partial charge on any atom is 0.326 e. The van der Waals surface area contributed by atoms with E-state index in [4.69, 9.17) is 14.3 Å². The highest BCUT2D eigenvalue weighted by Crippen LogP contribution is 2.24. The largest absolute Gasteiger partial charge is 0.489 e. The molecule has 0 spiro atoms. The molecule has 20 nitrogen and oxygen atoms in total. The Bertz CT molecular complexity index is 1660. The molecule has 4 atom stereocenters. The predicted molar refractivity (Wildman–Crippen MR) is 185 cm³/mol. The lowest BCUT2D eigenvalue weighted by molar-refractivity contribution is -0.155. The molecule has 2 aromatic rings. The van der Waals surface area contributed by atoms with Gasteiger partial charge in [0.05, 0.1) is 24.6 Å². The number of furan rings is 1. The third-order valence-corrected chi connectivity index (χ3v) is 8.19. The molecule has 9 N–H and O–H groups in total. The van der Waals surface area contributed by atoms with E-state index in [1.807, 2.05) is 12.1 Å². The van der Waals surface area contributed by atoms with Crippen molar-refractivity contribution in [2.45, 2.75) is 83.0 Å². The van der Waals surface area contributed by atoms with Crippen LogP contribution < -0.4 is 26.0 Å². The number of carboxylic acid groups (broad SMARTS) is 5. The number of hydrogen-bond acceptors (Lipinski definition) is 11. The van der Waals surface area contributed by atoms with Gasteiger partial charge in [0.15, 0.2) is 0 Å². The van der Waals surface area contributed by atoms with Crippen LogP contribution in [0.2, 0.25) is 0 Å². The zero-order chi connectivity index (χ0) is 40.9. The summed E-state index contributed by atoms with van der Waals surface area (Å²) < 4.78 is 11.0. The number of aliphatic carboxylic acids is 5. The van der Waals surface area contributed by atoms with Gasteiger partial charge in [0.1, 0.15) is 30.2 Å². The van der Waals surface area contributed by atoms with Crippen LogP contribution in [0.4, 0.5) is 0 Å². The van der Waals surface area contributed by atoms with Crippen molar-refractivity contribution in [3.05, 3.63) is 53.5 Å². The van der Waals surface area contributed by atoms with Crippen LogP contribution in [0, 0.1) is 11.8 Å². The first-order valence-corrected chi connectivity index (χ1v) is 17.0. The van der Waals surface area contributed by atoms with Crippen LogP contribution >= 0.6 is 0 Å². The lowest BCUT2D eigenvalue weighted by Gasteiger charge is -2.20. The summed E-state index contributed by atoms with van der Waals surface area (Å²) in [5.74, 6) is -11.9. The molecule has 0 saturated carbocycles. The minimum absolute atomic E-state index is 0.236. The van der Waals surface area contributed by atoms with E-state index in [1.54, 1.807) is 18.2 Å². The first-order chi connectivity index (χ1) is 26.1. The Hall–Kier alpha value is -6.47. The summed E-state index contributed by atoms with van der Waals surface area (Å²) in [5, 5.41) is 56.2. The van der Waals surface area contributed by atoms with Gasteiger partial charge in [-0.05, 0) is 55.9 Å². The summed E-state index contributed by atoms with van der Waals surface area (Å²) in [6.07, 6.45) is -1.31. The summed E-state index contributed by atoms with van der Waals surface area (Å²) in [5.41, 5.74) is 1.66. The maximum absolute atomic E-state index is 12.5. The van der Waals surface area contributed by atoms with Crippen LogP contribution in [0.1, 0.15) is 68.3 Å². The second-order valence-corrected chi connectivity index (χ2v) is 12.3. The van der Waals surface area contributed by atoms with Crippen molar-refractivity contribution in [1.29, 1.82) is 0 Å². The van der Waals surface area contributed by atoms with Crippen molar-refractivity contribution in [3.63, 3.8) is 0 Å². The van der Waals surface area contributed by atoms with Crippen molar-refractivity contribution in [2.24, 2.45) is 11.8 Å². The quantitative estimate of drug-likeness (QED) is 0.0532. The highest BCUT2D eigenvalue weighted by atomic mass is 16.5. The van der Waals surface area contributed by atoms with Gasteiger partial charge in [-0.3, -0.25) is 33.6 Å². The van der Waals surface area contributed by atoms with Crippen molar-refractivity contribution < 1.29 is 77.8 Å². The SMILES string of the molecule is O=CNCc1cc(COc2ccc(CCNC(=O)CC[C@H](NC(=O)CC[C@H](NC(=O)CC[C@H](C(=O)O)[C@H](CCC(=O)O)C(=O)O)C(=O)O)C(=O)O)cc2)co1. The van der Waals surface area contributed by atoms with Crippen LogP contribution in [0.5, 0.6) is 5.75 Å². The number of rotatable bonds is 28. The van der Waals surface area contributed by atoms with E-state index in [0.29, 0.717) is 24.3 Å². The average Bonchev–Trinajstić information content (AvgIpc) is 3.58. The van der Waals surface area contributed by atoms with Gasteiger partial charge in [-0.1, -0.05) is 12.1 Å². The lowest BCUT2D eigenvalue weighted by Crippen LogP contribution is -2.44. The summed E-state index contributed by atoms with van der Waals surface area (Å²) in [6, 6.07) is 5.76. The van der Waals surface area contributed by atoms with Crippen LogP contribution in [0.3, 0.4) is 0 Å². The molecule has 4 amide bonds. The maximum atomic E-state index is 12.5. The predicted octanol–water partition coefficient (Wildman–Crippen LogP) is 0.509. The first kappa shape index (κ1) is 44.7. The van der Waals surface area contributed by atoms with Crippen molar-refractivity contribution in [2.75, 3.05) is 6.54 Å². The molecule has 1 aromatic carbocycles. The van der Waals surface area contributed by atoms with E-state index in [9.17, 15) is 63.6 Å². The molecular weight excluding hydrogens is 732 g/mol. The first-order valence-electron chi connectivity index (χ1n) is 17.0. The molecule has 1 aromatic heterocycles. The Morgan fingerprint density at radius 3 is 1.71 bits per heavy atom. The molecular formula is C35H44N4O16. The van der Waals surface area contributed by atoms with Crippen molar-refractivity contribution >= 4 is 54.0 Å². The average molecular weight is 777 g/mol.